The number of anilines is 1. The van der Waals surface area contributed by atoms with Crippen molar-refractivity contribution < 1.29 is 13.9 Å². The van der Waals surface area contributed by atoms with E-state index in [1.54, 1.807) is 18.2 Å². The summed E-state index contributed by atoms with van der Waals surface area (Å²) in [6, 6.07) is 19.0. The van der Waals surface area contributed by atoms with Crippen LogP contribution in [0.25, 0.3) is 0 Å². The first-order valence-electron chi connectivity index (χ1n) is 9.18. The summed E-state index contributed by atoms with van der Waals surface area (Å²) in [6.07, 6.45) is 0. The van der Waals surface area contributed by atoms with Crippen molar-refractivity contribution in [2.45, 2.75) is 27.0 Å². The fourth-order valence-corrected chi connectivity index (χ4v) is 3.59. The number of halogens is 2. The standard InChI is InChI=1S/C23H23FINO2/c1-3-27-22-13-17(14-26-19-10-8-16(2)9-11-19)12-21(25)23(22)28-15-18-6-4-5-7-20(18)24/h4-13,26H,3,14-15H2,1-2H3. The molecule has 0 atom stereocenters. The van der Waals surface area contributed by atoms with Crippen LogP contribution in [-0.4, -0.2) is 6.61 Å². The summed E-state index contributed by atoms with van der Waals surface area (Å²) < 4.78 is 26.5. The fraction of sp³-hybridized carbons (Fsp3) is 0.217. The number of aryl methyl sites for hydroxylation is 1. The zero-order valence-corrected chi connectivity index (χ0v) is 18.1. The number of benzene rings is 3. The largest absolute Gasteiger partial charge is 0.490 e. The van der Waals surface area contributed by atoms with Gasteiger partial charge in [-0.1, -0.05) is 35.9 Å². The highest BCUT2D eigenvalue weighted by Gasteiger charge is 2.13. The predicted octanol–water partition coefficient (Wildman–Crippen LogP) is 6.33. The minimum Gasteiger partial charge on any atom is -0.490 e. The summed E-state index contributed by atoms with van der Waals surface area (Å²) in [6.45, 7) is 5.36. The van der Waals surface area contributed by atoms with Gasteiger partial charge in [0.05, 0.1) is 10.2 Å². The smallest absolute Gasteiger partial charge is 0.174 e. The molecular formula is C23H23FINO2. The lowest BCUT2D eigenvalue weighted by molar-refractivity contribution is 0.264. The molecule has 0 radical (unpaired) electrons. The van der Waals surface area contributed by atoms with E-state index in [1.807, 2.05) is 13.0 Å². The predicted molar refractivity (Wildman–Crippen MR) is 120 cm³/mol. The lowest BCUT2D eigenvalue weighted by Gasteiger charge is -2.16. The molecule has 0 heterocycles. The van der Waals surface area contributed by atoms with Crippen LogP contribution in [0.5, 0.6) is 11.5 Å². The molecule has 28 heavy (non-hydrogen) atoms. The summed E-state index contributed by atoms with van der Waals surface area (Å²) in [5.41, 5.74) is 3.91. The summed E-state index contributed by atoms with van der Waals surface area (Å²) >= 11 is 2.23. The molecule has 0 fully saturated rings. The van der Waals surface area contributed by atoms with Crippen molar-refractivity contribution in [3.8, 4) is 11.5 Å². The van der Waals surface area contributed by atoms with Gasteiger partial charge < -0.3 is 14.8 Å². The van der Waals surface area contributed by atoms with Crippen molar-refractivity contribution in [3.63, 3.8) is 0 Å². The molecule has 146 valence electrons. The maximum absolute atomic E-state index is 13.9. The van der Waals surface area contributed by atoms with Gasteiger partial charge in [-0.3, -0.25) is 0 Å². The van der Waals surface area contributed by atoms with Crippen molar-refractivity contribution in [1.82, 2.24) is 0 Å². The van der Waals surface area contributed by atoms with E-state index in [-0.39, 0.29) is 12.4 Å². The Morgan fingerprint density at radius 2 is 1.75 bits per heavy atom. The van der Waals surface area contributed by atoms with Crippen LogP contribution in [0.15, 0.2) is 60.7 Å². The second-order valence-electron chi connectivity index (χ2n) is 6.44. The number of hydrogen-bond acceptors (Lipinski definition) is 3. The Bertz CT molecular complexity index is 928. The summed E-state index contributed by atoms with van der Waals surface area (Å²) in [4.78, 5) is 0. The molecule has 0 aromatic heterocycles. The Labute approximate surface area is 179 Å². The number of nitrogens with one attached hydrogen (secondary N) is 1. The molecule has 0 aliphatic rings. The van der Waals surface area contributed by atoms with Crippen LogP contribution in [-0.2, 0) is 13.2 Å². The van der Waals surface area contributed by atoms with Gasteiger partial charge in [-0.05, 0) is 72.3 Å². The Kier molecular flexibility index (Phi) is 7.14. The molecule has 5 heteroatoms. The summed E-state index contributed by atoms with van der Waals surface area (Å²) in [7, 11) is 0. The number of ether oxygens (including phenoxy) is 2. The van der Waals surface area contributed by atoms with E-state index in [4.69, 9.17) is 9.47 Å². The minimum atomic E-state index is -0.269. The lowest BCUT2D eigenvalue weighted by Crippen LogP contribution is -2.05. The van der Waals surface area contributed by atoms with Gasteiger partial charge in [0.15, 0.2) is 11.5 Å². The molecule has 0 unspecified atom stereocenters. The maximum Gasteiger partial charge on any atom is 0.174 e. The first-order valence-corrected chi connectivity index (χ1v) is 10.3. The van der Waals surface area contributed by atoms with Crippen LogP contribution in [0.4, 0.5) is 10.1 Å². The Hall–Kier alpha value is -2.28. The van der Waals surface area contributed by atoms with Crippen LogP contribution < -0.4 is 14.8 Å². The van der Waals surface area contributed by atoms with Gasteiger partial charge in [0.25, 0.3) is 0 Å². The van der Waals surface area contributed by atoms with Crippen molar-refractivity contribution in [2.24, 2.45) is 0 Å². The Balaban J connectivity index is 1.75. The second kappa shape index (κ2) is 9.78. The zero-order chi connectivity index (χ0) is 19.9. The molecule has 0 aliphatic heterocycles. The van der Waals surface area contributed by atoms with Crippen LogP contribution in [0.1, 0.15) is 23.6 Å². The monoisotopic (exact) mass is 491 g/mol. The summed E-state index contributed by atoms with van der Waals surface area (Å²) in [5.74, 6) is 1.05. The molecule has 3 rings (SSSR count). The van der Waals surface area contributed by atoms with E-state index in [2.05, 4.69) is 65.2 Å². The van der Waals surface area contributed by atoms with Crippen LogP contribution >= 0.6 is 22.6 Å². The van der Waals surface area contributed by atoms with Gasteiger partial charge in [-0.2, -0.15) is 0 Å². The third-order valence-corrected chi connectivity index (χ3v) is 5.05. The van der Waals surface area contributed by atoms with Gasteiger partial charge in [0.1, 0.15) is 12.4 Å². The lowest BCUT2D eigenvalue weighted by atomic mass is 10.1. The van der Waals surface area contributed by atoms with E-state index < -0.39 is 0 Å². The average Bonchev–Trinajstić information content (AvgIpc) is 2.68. The van der Waals surface area contributed by atoms with Crippen molar-refractivity contribution in [2.75, 3.05) is 11.9 Å². The highest BCUT2D eigenvalue weighted by Crippen LogP contribution is 2.35. The van der Waals surface area contributed by atoms with E-state index in [1.165, 1.54) is 11.6 Å². The van der Waals surface area contributed by atoms with Crippen molar-refractivity contribution in [3.05, 3.63) is 86.7 Å². The van der Waals surface area contributed by atoms with Crippen LogP contribution in [0, 0.1) is 16.3 Å². The Morgan fingerprint density at radius 1 is 1.00 bits per heavy atom. The number of rotatable bonds is 8. The second-order valence-corrected chi connectivity index (χ2v) is 7.60. The molecule has 3 aromatic carbocycles. The highest BCUT2D eigenvalue weighted by atomic mass is 127. The Morgan fingerprint density at radius 3 is 2.46 bits per heavy atom. The third kappa shape index (κ3) is 5.38. The minimum absolute atomic E-state index is 0.156. The van der Waals surface area contributed by atoms with Gasteiger partial charge in [-0.15, -0.1) is 0 Å². The van der Waals surface area contributed by atoms with Gasteiger partial charge in [-0.25, -0.2) is 4.39 Å². The SMILES string of the molecule is CCOc1cc(CNc2ccc(C)cc2)cc(I)c1OCc1ccccc1F. The van der Waals surface area contributed by atoms with Crippen LogP contribution in [0.2, 0.25) is 0 Å². The number of hydrogen-bond donors (Lipinski definition) is 1. The first kappa shape index (κ1) is 20.5. The first-order chi connectivity index (χ1) is 13.6. The van der Waals surface area contributed by atoms with Gasteiger partial charge >= 0.3 is 0 Å². The van der Waals surface area contributed by atoms with E-state index in [0.29, 0.717) is 30.2 Å². The van der Waals surface area contributed by atoms with Crippen molar-refractivity contribution in [1.29, 1.82) is 0 Å². The molecule has 0 saturated carbocycles. The van der Waals surface area contributed by atoms with Gasteiger partial charge in [0.2, 0.25) is 0 Å². The molecular weight excluding hydrogens is 468 g/mol. The molecule has 1 N–H and O–H groups in total. The molecule has 3 aromatic rings. The van der Waals surface area contributed by atoms with E-state index >= 15 is 0 Å². The molecule has 0 bridgehead atoms. The maximum atomic E-state index is 13.9. The summed E-state index contributed by atoms with van der Waals surface area (Å²) in [5, 5.41) is 3.42. The fourth-order valence-electron chi connectivity index (χ4n) is 2.77. The van der Waals surface area contributed by atoms with E-state index in [9.17, 15) is 4.39 Å². The normalized spacial score (nSPS) is 10.6. The van der Waals surface area contributed by atoms with Gasteiger partial charge in [0, 0.05) is 17.8 Å². The van der Waals surface area contributed by atoms with Crippen LogP contribution in [0.3, 0.4) is 0 Å². The molecule has 3 nitrogen and oxygen atoms in total. The topological polar surface area (TPSA) is 30.5 Å². The molecule has 0 saturated heterocycles. The molecule has 0 aliphatic carbocycles. The van der Waals surface area contributed by atoms with Crippen molar-refractivity contribution >= 4 is 28.3 Å². The third-order valence-electron chi connectivity index (χ3n) is 4.25. The molecule has 0 amide bonds. The average molecular weight is 491 g/mol. The quantitative estimate of drug-likeness (QED) is 0.374. The molecule has 0 spiro atoms. The highest BCUT2D eigenvalue weighted by molar-refractivity contribution is 14.1. The zero-order valence-electron chi connectivity index (χ0n) is 16.0. The van der Waals surface area contributed by atoms with E-state index in [0.717, 1.165) is 14.8 Å².